The average Bonchev–Trinajstić information content (AvgIpc) is 2.43. The first-order chi connectivity index (χ1) is 9.03. The Morgan fingerprint density at radius 1 is 1.47 bits per heavy atom. The van der Waals surface area contributed by atoms with Gasteiger partial charge in [-0.05, 0) is 12.1 Å². The number of benzene rings is 1. The highest BCUT2D eigenvalue weighted by Gasteiger charge is 2.17. The third kappa shape index (κ3) is 3.90. The minimum absolute atomic E-state index is 0.140. The number of ether oxygens (including phenoxy) is 2. The minimum atomic E-state index is -0.512. The van der Waals surface area contributed by atoms with E-state index in [1.807, 2.05) is 0 Å². The Kier molecular flexibility index (Phi) is 5.72. The fourth-order valence-corrected chi connectivity index (χ4v) is 1.60. The standard InChI is InChI=1S/C13H19FN2O3/c1-16(13(17)7-10(8-15)18-2)9-4-5-12(19-3)11(14)6-9/h4-6,10H,7-8,15H2,1-3H3. The summed E-state index contributed by atoms with van der Waals surface area (Å²) in [5.41, 5.74) is 5.91. The Labute approximate surface area is 112 Å². The molecule has 1 amide bonds. The molecule has 0 aliphatic rings. The molecular formula is C13H19FN2O3. The van der Waals surface area contributed by atoms with Gasteiger partial charge in [-0.15, -0.1) is 0 Å². The van der Waals surface area contributed by atoms with Crippen molar-refractivity contribution < 1.29 is 18.7 Å². The number of halogens is 1. The van der Waals surface area contributed by atoms with E-state index in [1.165, 1.54) is 31.3 Å². The maximum atomic E-state index is 13.6. The number of carbonyl (C=O) groups excluding carboxylic acids is 1. The van der Waals surface area contributed by atoms with Crippen LogP contribution >= 0.6 is 0 Å². The van der Waals surface area contributed by atoms with Gasteiger partial charge in [-0.3, -0.25) is 4.79 Å². The van der Waals surface area contributed by atoms with Crippen LogP contribution in [0.2, 0.25) is 0 Å². The zero-order valence-electron chi connectivity index (χ0n) is 11.4. The van der Waals surface area contributed by atoms with Crippen molar-refractivity contribution in [3.63, 3.8) is 0 Å². The highest BCUT2D eigenvalue weighted by Crippen LogP contribution is 2.23. The van der Waals surface area contributed by atoms with Crippen LogP contribution in [-0.4, -0.2) is 39.8 Å². The molecule has 0 aliphatic heterocycles. The molecule has 19 heavy (non-hydrogen) atoms. The highest BCUT2D eigenvalue weighted by atomic mass is 19.1. The van der Waals surface area contributed by atoms with Crippen LogP contribution in [0.3, 0.4) is 0 Å². The molecule has 0 radical (unpaired) electrons. The molecule has 5 nitrogen and oxygen atoms in total. The van der Waals surface area contributed by atoms with Crippen molar-refractivity contribution in [3.05, 3.63) is 24.0 Å². The van der Waals surface area contributed by atoms with Crippen LogP contribution in [0.1, 0.15) is 6.42 Å². The molecule has 0 saturated heterocycles. The van der Waals surface area contributed by atoms with Crippen molar-refractivity contribution in [1.82, 2.24) is 0 Å². The molecule has 106 valence electrons. The monoisotopic (exact) mass is 270 g/mol. The van der Waals surface area contributed by atoms with Crippen molar-refractivity contribution in [3.8, 4) is 5.75 Å². The van der Waals surface area contributed by atoms with Crippen molar-refractivity contribution in [2.45, 2.75) is 12.5 Å². The van der Waals surface area contributed by atoms with E-state index in [1.54, 1.807) is 13.1 Å². The highest BCUT2D eigenvalue weighted by molar-refractivity contribution is 5.93. The predicted octanol–water partition coefficient (Wildman–Crippen LogP) is 1.16. The molecule has 1 rings (SSSR count). The van der Waals surface area contributed by atoms with Gasteiger partial charge in [0.2, 0.25) is 5.91 Å². The number of methoxy groups -OCH3 is 2. The van der Waals surface area contributed by atoms with Gasteiger partial charge in [-0.25, -0.2) is 4.39 Å². The molecule has 1 aromatic carbocycles. The van der Waals surface area contributed by atoms with Gasteiger partial charge >= 0.3 is 0 Å². The summed E-state index contributed by atoms with van der Waals surface area (Å²) in [6, 6.07) is 4.34. The predicted molar refractivity (Wildman–Crippen MR) is 70.8 cm³/mol. The maximum Gasteiger partial charge on any atom is 0.229 e. The fourth-order valence-electron chi connectivity index (χ4n) is 1.60. The van der Waals surface area contributed by atoms with Gasteiger partial charge in [0, 0.05) is 32.5 Å². The van der Waals surface area contributed by atoms with Gasteiger partial charge in [0.25, 0.3) is 0 Å². The van der Waals surface area contributed by atoms with E-state index in [9.17, 15) is 9.18 Å². The zero-order chi connectivity index (χ0) is 14.4. The summed E-state index contributed by atoms with van der Waals surface area (Å²) in [7, 11) is 4.46. The van der Waals surface area contributed by atoms with Crippen molar-refractivity contribution in [1.29, 1.82) is 0 Å². The topological polar surface area (TPSA) is 64.8 Å². The minimum Gasteiger partial charge on any atom is -0.494 e. The molecule has 1 atom stereocenters. The van der Waals surface area contributed by atoms with Crippen LogP contribution in [0, 0.1) is 5.82 Å². The molecule has 0 saturated carbocycles. The van der Waals surface area contributed by atoms with Crippen molar-refractivity contribution in [2.24, 2.45) is 5.73 Å². The van der Waals surface area contributed by atoms with E-state index in [2.05, 4.69) is 0 Å². The molecule has 0 fully saturated rings. The van der Waals surface area contributed by atoms with Crippen LogP contribution in [0.4, 0.5) is 10.1 Å². The lowest BCUT2D eigenvalue weighted by atomic mass is 10.2. The second kappa shape index (κ2) is 7.06. The molecule has 6 heteroatoms. The van der Waals surface area contributed by atoms with Crippen LogP contribution in [0.15, 0.2) is 18.2 Å². The number of hydrogen-bond donors (Lipinski definition) is 1. The Morgan fingerprint density at radius 2 is 2.16 bits per heavy atom. The summed E-state index contributed by atoms with van der Waals surface area (Å²) in [6.45, 7) is 0.257. The number of nitrogens with zero attached hydrogens (tertiary/aromatic N) is 1. The molecule has 0 aliphatic carbocycles. The SMILES string of the molecule is COc1ccc(N(C)C(=O)CC(CN)OC)cc1F. The van der Waals surface area contributed by atoms with Crippen LogP contribution in [0.5, 0.6) is 5.75 Å². The lowest BCUT2D eigenvalue weighted by Crippen LogP contribution is -2.33. The molecule has 0 aromatic heterocycles. The first kappa shape index (κ1) is 15.4. The Hall–Kier alpha value is -1.66. The van der Waals surface area contributed by atoms with E-state index in [0.29, 0.717) is 5.69 Å². The van der Waals surface area contributed by atoms with Crippen molar-refractivity contribution in [2.75, 3.05) is 32.7 Å². The second-order valence-corrected chi connectivity index (χ2v) is 4.07. The van der Waals surface area contributed by atoms with E-state index >= 15 is 0 Å². The number of rotatable bonds is 6. The fraction of sp³-hybridized carbons (Fsp3) is 0.462. The van der Waals surface area contributed by atoms with Crippen LogP contribution in [0.25, 0.3) is 0 Å². The summed E-state index contributed by atoms with van der Waals surface area (Å²) in [5, 5.41) is 0. The quantitative estimate of drug-likeness (QED) is 0.842. The van der Waals surface area contributed by atoms with Crippen LogP contribution < -0.4 is 15.4 Å². The van der Waals surface area contributed by atoms with Gasteiger partial charge in [0.1, 0.15) is 0 Å². The van der Waals surface area contributed by atoms with Gasteiger partial charge in [0.05, 0.1) is 19.6 Å². The summed E-state index contributed by atoms with van der Waals surface area (Å²) in [4.78, 5) is 13.3. The summed E-state index contributed by atoms with van der Waals surface area (Å²) in [5.74, 6) is -0.565. The number of hydrogen-bond acceptors (Lipinski definition) is 4. The van der Waals surface area contributed by atoms with E-state index in [0.717, 1.165) is 0 Å². The summed E-state index contributed by atoms with van der Waals surface area (Å²) in [6.07, 6.45) is -0.185. The number of carbonyl (C=O) groups is 1. The third-order valence-electron chi connectivity index (χ3n) is 2.90. The van der Waals surface area contributed by atoms with E-state index in [-0.39, 0.29) is 30.7 Å². The average molecular weight is 270 g/mol. The van der Waals surface area contributed by atoms with E-state index < -0.39 is 5.82 Å². The molecule has 0 spiro atoms. The van der Waals surface area contributed by atoms with Gasteiger partial charge in [0.15, 0.2) is 11.6 Å². The Balaban J connectivity index is 2.79. The summed E-state index contributed by atoms with van der Waals surface area (Å²) < 4.78 is 23.4. The van der Waals surface area contributed by atoms with Crippen molar-refractivity contribution >= 4 is 11.6 Å². The first-order valence-corrected chi connectivity index (χ1v) is 5.86. The largest absolute Gasteiger partial charge is 0.494 e. The van der Waals surface area contributed by atoms with Gasteiger partial charge in [-0.1, -0.05) is 0 Å². The van der Waals surface area contributed by atoms with Gasteiger partial charge < -0.3 is 20.1 Å². The van der Waals surface area contributed by atoms with E-state index in [4.69, 9.17) is 15.2 Å². The Morgan fingerprint density at radius 3 is 2.63 bits per heavy atom. The molecule has 2 N–H and O–H groups in total. The molecule has 1 aromatic rings. The lowest BCUT2D eigenvalue weighted by Gasteiger charge is -2.20. The smallest absolute Gasteiger partial charge is 0.229 e. The normalized spacial score (nSPS) is 12.1. The van der Waals surface area contributed by atoms with Gasteiger partial charge in [-0.2, -0.15) is 0 Å². The Bertz CT molecular complexity index is 436. The second-order valence-electron chi connectivity index (χ2n) is 4.07. The number of nitrogens with two attached hydrogens (primary N) is 1. The summed E-state index contributed by atoms with van der Waals surface area (Å²) >= 11 is 0. The number of anilines is 1. The molecular weight excluding hydrogens is 251 g/mol. The lowest BCUT2D eigenvalue weighted by molar-refractivity contribution is -0.120. The molecule has 1 unspecified atom stereocenters. The molecule has 0 bridgehead atoms. The van der Waals surface area contributed by atoms with Crippen LogP contribution in [-0.2, 0) is 9.53 Å². The molecule has 0 heterocycles. The zero-order valence-corrected chi connectivity index (χ0v) is 11.4. The third-order valence-corrected chi connectivity index (χ3v) is 2.90. The number of amides is 1. The maximum absolute atomic E-state index is 13.6. The first-order valence-electron chi connectivity index (χ1n) is 5.86.